The van der Waals surface area contributed by atoms with Gasteiger partial charge >= 0.3 is 0 Å². The molecule has 0 unspecified atom stereocenters. The number of aromatic nitrogens is 2. The molecule has 0 aliphatic heterocycles. The normalized spacial score (nSPS) is 11.1. The Hall–Kier alpha value is -2.61. The van der Waals surface area contributed by atoms with E-state index in [0.29, 0.717) is 16.2 Å². The summed E-state index contributed by atoms with van der Waals surface area (Å²) in [6.07, 6.45) is 1.64. The molecular formula is C18H16F2N2O3S. The summed E-state index contributed by atoms with van der Waals surface area (Å²) in [5, 5.41) is 3.05. The molecule has 0 bridgehead atoms. The number of hydrogen-bond donors (Lipinski definition) is 1. The van der Waals surface area contributed by atoms with Gasteiger partial charge in [-0.25, -0.2) is 13.8 Å². The maximum Gasteiger partial charge on any atom is 0.280 e. The number of halogens is 2. The fraction of sp³-hybridized carbons (Fsp3) is 0.222. The number of rotatable bonds is 6. The summed E-state index contributed by atoms with van der Waals surface area (Å²) in [6, 6.07) is 7.03. The minimum Gasteiger partial charge on any atom is -0.479 e. The van der Waals surface area contributed by atoms with E-state index in [2.05, 4.69) is 10.1 Å². The molecular weight excluding hydrogens is 362 g/mol. The second-order valence-corrected chi connectivity index (χ2v) is 7.32. The molecule has 0 aliphatic carbocycles. The summed E-state index contributed by atoms with van der Waals surface area (Å²) < 4.78 is 38.7. The third-order valence-electron chi connectivity index (χ3n) is 3.36. The van der Waals surface area contributed by atoms with Crippen LogP contribution in [0, 0.1) is 11.6 Å². The van der Waals surface area contributed by atoms with Crippen molar-refractivity contribution >= 4 is 11.8 Å². The van der Waals surface area contributed by atoms with E-state index in [1.165, 1.54) is 23.9 Å². The first kappa shape index (κ1) is 18.2. The molecule has 0 amide bonds. The lowest BCUT2D eigenvalue weighted by Gasteiger charge is -2.12. The Morgan fingerprint density at radius 3 is 2.62 bits per heavy atom. The second kappa shape index (κ2) is 7.74. The first-order chi connectivity index (χ1) is 12.4. The summed E-state index contributed by atoms with van der Waals surface area (Å²) >= 11 is 1.51. The molecule has 3 rings (SSSR count). The van der Waals surface area contributed by atoms with E-state index < -0.39 is 22.9 Å². The molecule has 5 nitrogen and oxygen atoms in total. The van der Waals surface area contributed by atoms with E-state index in [1.54, 1.807) is 18.3 Å². The summed E-state index contributed by atoms with van der Waals surface area (Å²) in [5.74, 6) is -2.08. The van der Waals surface area contributed by atoms with Crippen molar-refractivity contribution in [3.05, 3.63) is 64.3 Å². The van der Waals surface area contributed by atoms with Gasteiger partial charge in [-0.3, -0.25) is 4.79 Å². The van der Waals surface area contributed by atoms with E-state index in [9.17, 15) is 13.6 Å². The predicted molar refractivity (Wildman–Crippen MR) is 94.2 cm³/mol. The van der Waals surface area contributed by atoms with E-state index in [0.717, 1.165) is 6.07 Å². The number of ether oxygens (including phenoxy) is 1. The van der Waals surface area contributed by atoms with Crippen LogP contribution in [0.4, 0.5) is 8.78 Å². The van der Waals surface area contributed by atoms with Crippen LogP contribution in [0.1, 0.15) is 19.6 Å². The Balaban J connectivity index is 1.89. The number of aromatic amines is 1. The van der Waals surface area contributed by atoms with Crippen LogP contribution in [0.15, 0.2) is 50.9 Å². The summed E-state index contributed by atoms with van der Waals surface area (Å²) in [6.45, 7) is 3.76. The van der Waals surface area contributed by atoms with Gasteiger partial charge in [0.05, 0.1) is 6.07 Å². The summed E-state index contributed by atoms with van der Waals surface area (Å²) in [7, 11) is 0. The molecule has 1 aromatic carbocycles. The Morgan fingerprint density at radius 1 is 1.27 bits per heavy atom. The fourth-order valence-corrected chi connectivity index (χ4v) is 3.20. The number of nitrogens with one attached hydrogen (secondary N) is 1. The molecule has 0 fully saturated rings. The SMILES string of the molecule is CC(C)Sc1ncccc1-c1cc(F)c(OCc2cc(=O)[nH]o2)c(F)c1. The molecule has 2 heterocycles. The fourth-order valence-electron chi connectivity index (χ4n) is 2.32. The third-order valence-corrected chi connectivity index (χ3v) is 4.38. The minimum atomic E-state index is -0.845. The molecule has 1 N–H and O–H groups in total. The topological polar surface area (TPSA) is 68.1 Å². The van der Waals surface area contributed by atoms with Gasteiger partial charge in [0.15, 0.2) is 23.1 Å². The van der Waals surface area contributed by atoms with Crippen molar-refractivity contribution in [3.8, 4) is 16.9 Å². The van der Waals surface area contributed by atoms with Crippen molar-refractivity contribution in [1.82, 2.24) is 10.1 Å². The highest BCUT2D eigenvalue weighted by Gasteiger charge is 2.17. The van der Waals surface area contributed by atoms with Crippen molar-refractivity contribution in [2.24, 2.45) is 0 Å². The van der Waals surface area contributed by atoms with E-state index in [1.807, 2.05) is 13.8 Å². The zero-order valence-electron chi connectivity index (χ0n) is 14.1. The van der Waals surface area contributed by atoms with Crippen molar-refractivity contribution < 1.29 is 18.0 Å². The lowest BCUT2D eigenvalue weighted by Crippen LogP contribution is -2.01. The van der Waals surface area contributed by atoms with E-state index in [4.69, 9.17) is 9.26 Å². The smallest absolute Gasteiger partial charge is 0.280 e. The Labute approximate surface area is 152 Å². The highest BCUT2D eigenvalue weighted by atomic mass is 32.2. The average Bonchev–Trinajstić information content (AvgIpc) is 2.99. The van der Waals surface area contributed by atoms with Gasteiger partial charge in [0, 0.05) is 17.0 Å². The van der Waals surface area contributed by atoms with Crippen LogP contribution in [0.2, 0.25) is 0 Å². The third kappa shape index (κ3) is 4.13. The molecule has 3 aromatic rings. The van der Waals surface area contributed by atoms with Gasteiger partial charge in [0.2, 0.25) is 0 Å². The molecule has 0 aliphatic rings. The minimum absolute atomic E-state index is 0.140. The Morgan fingerprint density at radius 2 is 2.00 bits per heavy atom. The van der Waals surface area contributed by atoms with Crippen LogP contribution in [0.3, 0.4) is 0 Å². The Kier molecular flexibility index (Phi) is 5.41. The van der Waals surface area contributed by atoms with Crippen LogP contribution in [-0.2, 0) is 6.61 Å². The van der Waals surface area contributed by atoms with Crippen LogP contribution in [0.5, 0.6) is 5.75 Å². The second-order valence-electron chi connectivity index (χ2n) is 5.76. The zero-order chi connectivity index (χ0) is 18.7. The Bertz CT molecular complexity index is 946. The highest BCUT2D eigenvalue weighted by Crippen LogP contribution is 2.35. The molecule has 2 aromatic heterocycles. The lowest BCUT2D eigenvalue weighted by molar-refractivity contribution is 0.230. The zero-order valence-corrected chi connectivity index (χ0v) is 14.9. The maximum absolute atomic E-state index is 14.4. The number of pyridine rings is 1. The van der Waals surface area contributed by atoms with Crippen molar-refractivity contribution in [2.75, 3.05) is 0 Å². The molecule has 0 atom stereocenters. The first-order valence-corrected chi connectivity index (χ1v) is 8.73. The van der Waals surface area contributed by atoms with Gasteiger partial charge in [-0.1, -0.05) is 19.9 Å². The molecule has 0 radical (unpaired) electrons. The number of thioether (sulfide) groups is 1. The van der Waals surface area contributed by atoms with Gasteiger partial charge in [0.25, 0.3) is 5.56 Å². The van der Waals surface area contributed by atoms with E-state index >= 15 is 0 Å². The van der Waals surface area contributed by atoms with Gasteiger partial charge in [-0.15, -0.1) is 11.8 Å². The molecule has 0 saturated heterocycles. The van der Waals surface area contributed by atoms with Crippen molar-refractivity contribution in [3.63, 3.8) is 0 Å². The van der Waals surface area contributed by atoms with Crippen molar-refractivity contribution in [2.45, 2.75) is 30.7 Å². The molecule has 0 spiro atoms. The number of hydrogen-bond acceptors (Lipinski definition) is 5. The lowest BCUT2D eigenvalue weighted by atomic mass is 10.1. The van der Waals surface area contributed by atoms with Gasteiger partial charge in [-0.2, -0.15) is 5.16 Å². The highest BCUT2D eigenvalue weighted by molar-refractivity contribution is 7.99. The van der Waals surface area contributed by atoms with Crippen LogP contribution in [0.25, 0.3) is 11.1 Å². The molecule has 8 heteroatoms. The number of H-pyrrole nitrogens is 1. The van der Waals surface area contributed by atoms with Crippen LogP contribution >= 0.6 is 11.8 Å². The van der Waals surface area contributed by atoms with Gasteiger partial charge < -0.3 is 9.26 Å². The molecule has 26 heavy (non-hydrogen) atoms. The standard InChI is InChI=1S/C18H16F2N2O3S/c1-10(2)26-18-13(4-3-5-21-18)11-6-14(19)17(15(20)7-11)24-9-12-8-16(23)22-25-12/h3-8,10H,9H2,1-2H3,(H,22,23). The van der Waals surface area contributed by atoms with Gasteiger partial charge in [0.1, 0.15) is 11.6 Å². The summed E-state index contributed by atoms with van der Waals surface area (Å²) in [4.78, 5) is 15.3. The molecule has 0 saturated carbocycles. The average molecular weight is 378 g/mol. The first-order valence-electron chi connectivity index (χ1n) is 7.85. The maximum atomic E-state index is 14.4. The summed E-state index contributed by atoms with van der Waals surface area (Å²) in [5.41, 5.74) is 0.565. The van der Waals surface area contributed by atoms with Crippen LogP contribution in [-0.4, -0.2) is 15.4 Å². The number of nitrogens with zero attached hydrogens (tertiary/aromatic N) is 1. The monoisotopic (exact) mass is 378 g/mol. The quantitative estimate of drug-likeness (QED) is 0.645. The van der Waals surface area contributed by atoms with Gasteiger partial charge in [-0.05, 0) is 23.8 Å². The largest absolute Gasteiger partial charge is 0.479 e. The molecule has 136 valence electrons. The predicted octanol–water partition coefficient (Wildman–Crippen LogP) is 4.39. The van der Waals surface area contributed by atoms with E-state index in [-0.39, 0.29) is 17.6 Å². The van der Waals surface area contributed by atoms with Crippen molar-refractivity contribution in [1.29, 1.82) is 0 Å². The number of benzene rings is 1. The van der Waals surface area contributed by atoms with Crippen LogP contribution < -0.4 is 10.3 Å².